The summed E-state index contributed by atoms with van der Waals surface area (Å²) in [5.74, 6) is 1.90. The molecule has 0 radical (unpaired) electrons. The van der Waals surface area contributed by atoms with Crippen LogP contribution in [0.5, 0.6) is 0 Å². The molecule has 0 saturated heterocycles. The molecule has 4 rings (SSSR count). The average Bonchev–Trinajstić information content (AvgIpc) is 2.35. The molecule has 4 bridgehead atoms. The van der Waals surface area contributed by atoms with Gasteiger partial charge >= 0.3 is 0 Å². The minimum Gasteiger partial charge on any atom is -0.273 e. The molecule has 4 aliphatic carbocycles. The van der Waals surface area contributed by atoms with E-state index in [2.05, 4.69) is 4.72 Å². The predicted molar refractivity (Wildman–Crippen MR) is 82.0 cm³/mol. The summed E-state index contributed by atoms with van der Waals surface area (Å²) in [6.45, 7) is 3.88. The Balaban J connectivity index is 1.71. The molecule has 1 unspecified atom stereocenters. The number of sulfonamides is 1. The molecule has 4 fully saturated rings. The maximum Gasteiger partial charge on any atom is 0.239 e. The summed E-state index contributed by atoms with van der Waals surface area (Å²) in [6, 6.07) is 0. The molecule has 0 aliphatic heterocycles. The van der Waals surface area contributed by atoms with Crippen LogP contribution >= 0.6 is 0 Å². The number of hydrogen-bond acceptors (Lipinski definition) is 3. The second-order valence-electron chi connectivity index (χ2n) is 7.92. The van der Waals surface area contributed by atoms with Crippen molar-refractivity contribution in [3.63, 3.8) is 0 Å². The van der Waals surface area contributed by atoms with Gasteiger partial charge in [-0.05, 0) is 62.2 Å². The van der Waals surface area contributed by atoms with E-state index in [-0.39, 0.29) is 23.0 Å². The molecular weight excluding hydrogens is 286 g/mol. The minimum atomic E-state index is -3.49. The average molecular weight is 313 g/mol. The molecule has 0 aromatic rings. The van der Waals surface area contributed by atoms with E-state index in [0.717, 1.165) is 25.7 Å². The van der Waals surface area contributed by atoms with Crippen molar-refractivity contribution in [1.29, 1.82) is 0 Å². The van der Waals surface area contributed by atoms with Crippen LogP contribution in [0.1, 0.15) is 58.8 Å². The number of carbonyl (C=O) groups excluding carboxylic acids is 1. The highest BCUT2D eigenvalue weighted by Crippen LogP contribution is 2.60. The van der Waals surface area contributed by atoms with Gasteiger partial charge in [0.05, 0.1) is 11.2 Å². The third-order valence-electron chi connectivity index (χ3n) is 5.97. The highest BCUT2D eigenvalue weighted by molar-refractivity contribution is 7.90. The van der Waals surface area contributed by atoms with Crippen molar-refractivity contribution in [3.05, 3.63) is 0 Å². The normalized spacial score (nSPS) is 39.2. The van der Waals surface area contributed by atoms with Crippen LogP contribution in [0.2, 0.25) is 0 Å². The zero-order valence-electron chi connectivity index (χ0n) is 13.1. The maximum absolute atomic E-state index is 12.7. The number of amides is 1. The summed E-state index contributed by atoms with van der Waals surface area (Å²) in [5.41, 5.74) is -0.378. The predicted octanol–water partition coefficient (Wildman–Crippen LogP) is 2.69. The molecule has 0 spiro atoms. The Labute approximate surface area is 128 Å². The molecule has 21 heavy (non-hydrogen) atoms. The molecule has 0 heterocycles. The first-order valence-electron chi connectivity index (χ1n) is 8.37. The lowest BCUT2D eigenvalue weighted by Gasteiger charge is -2.55. The summed E-state index contributed by atoms with van der Waals surface area (Å²) in [4.78, 5) is 12.7. The van der Waals surface area contributed by atoms with Crippen LogP contribution in [0.15, 0.2) is 0 Å². The summed E-state index contributed by atoms with van der Waals surface area (Å²) in [7, 11) is -3.49. The van der Waals surface area contributed by atoms with E-state index >= 15 is 0 Å². The first-order chi connectivity index (χ1) is 9.82. The fourth-order valence-electron chi connectivity index (χ4n) is 5.17. The Kier molecular flexibility index (Phi) is 3.83. The standard InChI is InChI=1S/C16H27NO3S/c1-3-11(2)10-21(19,20)17-15(18)16-7-12-4-13(8-16)6-14(5-12)9-16/h11-14H,3-10H2,1-2H3,(H,17,18). The lowest BCUT2D eigenvalue weighted by Crippen LogP contribution is -2.54. The van der Waals surface area contributed by atoms with Crippen LogP contribution in [0.3, 0.4) is 0 Å². The first-order valence-corrected chi connectivity index (χ1v) is 10.0. The molecule has 4 aliphatic rings. The largest absolute Gasteiger partial charge is 0.273 e. The Morgan fingerprint density at radius 2 is 1.62 bits per heavy atom. The number of nitrogens with one attached hydrogen (secondary N) is 1. The molecule has 4 saturated carbocycles. The van der Waals surface area contributed by atoms with Crippen LogP contribution in [-0.4, -0.2) is 20.1 Å². The molecule has 0 aromatic carbocycles. The Bertz CT molecular complexity index is 490. The molecule has 1 atom stereocenters. The quantitative estimate of drug-likeness (QED) is 0.849. The second kappa shape index (κ2) is 5.25. The third kappa shape index (κ3) is 2.99. The van der Waals surface area contributed by atoms with Gasteiger partial charge in [-0.3, -0.25) is 9.52 Å². The van der Waals surface area contributed by atoms with Crippen molar-refractivity contribution in [2.75, 3.05) is 5.75 Å². The van der Waals surface area contributed by atoms with E-state index in [1.165, 1.54) is 19.3 Å². The smallest absolute Gasteiger partial charge is 0.239 e. The Hall–Kier alpha value is -0.580. The Morgan fingerprint density at radius 3 is 2.05 bits per heavy atom. The third-order valence-corrected chi connectivity index (χ3v) is 7.47. The van der Waals surface area contributed by atoms with Crippen LogP contribution < -0.4 is 4.72 Å². The highest BCUT2D eigenvalue weighted by Gasteiger charge is 2.55. The van der Waals surface area contributed by atoms with Crippen molar-refractivity contribution >= 4 is 15.9 Å². The SMILES string of the molecule is CCC(C)CS(=O)(=O)NC(=O)C12CC3CC(CC(C3)C1)C2. The molecule has 0 aromatic heterocycles. The van der Waals surface area contributed by atoms with Crippen molar-refractivity contribution in [2.24, 2.45) is 29.1 Å². The van der Waals surface area contributed by atoms with E-state index in [1.54, 1.807) is 0 Å². The summed E-state index contributed by atoms with van der Waals surface area (Å²) >= 11 is 0. The van der Waals surface area contributed by atoms with Gasteiger partial charge in [0.2, 0.25) is 15.9 Å². The first kappa shape index (κ1) is 15.3. The summed E-state index contributed by atoms with van der Waals surface area (Å²) < 4.78 is 26.8. The van der Waals surface area contributed by atoms with Crippen molar-refractivity contribution in [1.82, 2.24) is 4.72 Å². The highest BCUT2D eigenvalue weighted by atomic mass is 32.2. The van der Waals surface area contributed by atoms with Crippen molar-refractivity contribution < 1.29 is 13.2 Å². The van der Waals surface area contributed by atoms with E-state index in [0.29, 0.717) is 17.8 Å². The molecular formula is C16H27NO3S. The fraction of sp³-hybridized carbons (Fsp3) is 0.938. The monoisotopic (exact) mass is 313 g/mol. The van der Waals surface area contributed by atoms with Gasteiger partial charge in [-0.25, -0.2) is 8.42 Å². The van der Waals surface area contributed by atoms with Gasteiger partial charge in [-0.15, -0.1) is 0 Å². The number of carbonyl (C=O) groups is 1. The number of hydrogen-bond donors (Lipinski definition) is 1. The van der Waals surface area contributed by atoms with E-state index in [1.807, 2.05) is 13.8 Å². The van der Waals surface area contributed by atoms with Gasteiger partial charge in [-0.1, -0.05) is 20.3 Å². The minimum absolute atomic E-state index is 0.0571. The maximum atomic E-state index is 12.7. The van der Waals surface area contributed by atoms with E-state index < -0.39 is 10.0 Å². The molecule has 5 heteroatoms. The van der Waals surface area contributed by atoms with E-state index in [4.69, 9.17) is 0 Å². The van der Waals surface area contributed by atoms with Gasteiger partial charge in [-0.2, -0.15) is 0 Å². The van der Waals surface area contributed by atoms with Crippen molar-refractivity contribution in [2.45, 2.75) is 58.8 Å². The fourth-order valence-corrected chi connectivity index (χ4v) is 6.74. The number of rotatable bonds is 5. The van der Waals surface area contributed by atoms with Crippen LogP contribution in [0.25, 0.3) is 0 Å². The molecule has 120 valence electrons. The zero-order valence-corrected chi connectivity index (χ0v) is 13.9. The van der Waals surface area contributed by atoms with Gasteiger partial charge in [0.1, 0.15) is 0 Å². The van der Waals surface area contributed by atoms with Crippen LogP contribution in [0.4, 0.5) is 0 Å². The van der Waals surface area contributed by atoms with E-state index in [9.17, 15) is 13.2 Å². The van der Waals surface area contributed by atoms with Crippen molar-refractivity contribution in [3.8, 4) is 0 Å². The molecule has 4 nitrogen and oxygen atoms in total. The summed E-state index contributed by atoms with van der Waals surface area (Å²) in [5, 5.41) is 0. The molecule has 1 N–H and O–H groups in total. The van der Waals surface area contributed by atoms with Crippen LogP contribution in [-0.2, 0) is 14.8 Å². The summed E-state index contributed by atoms with van der Waals surface area (Å²) in [6.07, 6.45) is 7.30. The van der Waals surface area contributed by atoms with Crippen LogP contribution in [0, 0.1) is 29.1 Å². The molecule has 1 amide bonds. The second-order valence-corrected chi connectivity index (χ2v) is 9.69. The lowest BCUT2D eigenvalue weighted by atomic mass is 9.49. The van der Waals surface area contributed by atoms with Gasteiger partial charge in [0.25, 0.3) is 0 Å². The van der Waals surface area contributed by atoms with Gasteiger partial charge in [0.15, 0.2) is 0 Å². The van der Waals surface area contributed by atoms with Gasteiger partial charge < -0.3 is 0 Å². The lowest BCUT2D eigenvalue weighted by molar-refractivity contribution is -0.144. The zero-order chi connectivity index (χ0) is 15.3. The Morgan fingerprint density at radius 1 is 1.14 bits per heavy atom. The topological polar surface area (TPSA) is 63.2 Å². The van der Waals surface area contributed by atoms with Gasteiger partial charge in [0, 0.05) is 0 Å².